The normalized spacial score (nSPS) is 25.5. The maximum absolute atomic E-state index is 5.73. The molecule has 0 unspecified atom stereocenters. The van der Waals surface area contributed by atoms with Crippen molar-refractivity contribution in [3.8, 4) is 5.75 Å². The summed E-state index contributed by atoms with van der Waals surface area (Å²) in [5.41, 5.74) is 3.16. The highest BCUT2D eigenvalue weighted by atomic mass is 32.2. The van der Waals surface area contributed by atoms with Gasteiger partial charge < -0.3 is 9.30 Å². The van der Waals surface area contributed by atoms with Gasteiger partial charge in [-0.2, -0.15) is 0 Å². The van der Waals surface area contributed by atoms with Crippen LogP contribution < -0.4 is 4.74 Å². The number of benzene rings is 1. The van der Waals surface area contributed by atoms with Crippen LogP contribution in [0.1, 0.15) is 36.9 Å². The van der Waals surface area contributed by atoms with Crippen molar-refractivity contribution in [3.63, 3.8) is 0 Å². The van der Waals surface area contributed by atoms with E-state index in [0.29, 0.717) is 12.0 Å². The molecule has 2 aromatic rings. The number of hydrogen-bond donors (Lipinski definition) is 0. The molecule has 1 aromatic carbocycles. The SMILES string of the molecule is CSc1nccn1[C@@H]1[C@@H](c2cccc3c2CCO3)C1(C)C. The van der Waals surface area contributed by atoms with Gasteiger partial charge in [0.2, 0.25) is 0 Å². The maximum Gasteiger partial charge on any atom is 0.167 e. The molecule has 4 heteroatoms. The van der Waals surface area contributed by atoms with Crippen molar-refractivity contribution in [1.82, 2.24) is 9.55 Å². The zero-order chi connectivity index (χ0) is 14.6. The summed E-state index contributed by atoms with van der Waals surface area (Å²) < 4.78 is 8.08. The van der Waals surface area contributed by atoms with E-state index in [9.17, 15) is 0 Å². The number of nitrogens with zero attached hydrogens (tertiary/aromatic N) is 2. The van der Waals surface area contributed by atoms with Crippen molar-refractivity contribution in [1.29, 1.82) is 0 Å². The monoisotopic (exact) mass is 300 g/mol. The molecule has 1 fully saturated rings. The Morgan fingerprint density at radius 3 is 3.05 bits per heavy atom. The average molecular weight is 300 g/mol. The first-order valence-corrected chi connectivity index (χ1v) is 8.68. The zero-order valence-electron chi connectivity index (χ0n) is 12.7. The van der Waals surface area contributed by atoms with Gasteiger partial charge in [-0.3, -0.25) is 0 Å². The van der Waals surface area contributed by atoms with Crippen LogP contribution >= 0.6 is 11.8 Å². The predicted octanol–water partition coefficient (Wildman–Crippen LogP) is 3.90. The van der Waals surface area contributed by atoms with Crippen LogP contribution in [0.2, 0.25) is 0 Å². The van der Waals surface area contributed by atoms with Gasteiger partial charge in [-0.25, -0.2) is 4.98 Å². The summed E-state index contributed by atoms with van der Waals surface area (Å²) in [6, 6.07) is 7.01. The minimum Gasteiger partial charge on any atom is -0.493 e. The smallest absolute Gasteiger partial charge is 0.167 e. The number of thioether (sulfide) groups is 1. The molecule has 0 amide bonds. The summed E-state index contributed by atoms with van der Waals surface area (Å²) >= 11 is 1.72. The van der Waals surface area contributed by atoms with Crippen LogP contribution in [0.25, 0.3) is 0 Å². The number of imidazole rings is 1. The van der Waals surface area contributed by atoms with Gasteiger partial charge in [0.05, 0.1) is 6.61 Å². The third-order valence-electron chi connectivity index (χ3n) is 5.00. The first kappa shape index (κ1) is 13.3. The van der Waals surface area contributed by atoms with Crippen molar-refractivity contribution in [2.24, 2.45) is 5.41 Å². The van der Waals surface area contributed by atoms with Crippen LogP contribution in [-0.2, 0) is 6.42 Å². The van der Waals surface area contributed by atoms with Crippen molar-refractivity contribution in [2.75, 3.05) is 12.9 Å². The van der Waals surface area contributed by atoms with E-state index in [0.717, 1.165) is 23.9 Å². The number of aromatic nitrogens is 2. The summed E-state index contributed by atoms with van der Waals surface area (Å²) in [6.45, 7) is 5.55. The lowest BCUT2D eigenvalue weighted by Gasteiger charge is -2.08. The van der Waals surface area contributed by atoms with E-state index in [1.807, 2.05) is 6.20 Å². The Hall–Kier alpha value is -1.42. The van der Waals surface area contributed by atoms with E-state index in [1.165, 1.54) is 11.1 Å². The molecule has 1 aliphatic heterocycles. The van der Waals surface area contributed by atoms with Crippen LogP contribution in [0.3, 0.4) is 0 Å². The Morgan fingerprint density at radius 2 is 2.24 bits per heavy atom. The molecule has 0 saturated heterocycles. The Balaban J connectivity index is 1.76. The summed E-state index contributed by atoms with van der Waals surface area (Å²) in [5.74, 6) is 1.64. The molecule has 0 spiro atoms. The molecular formula is C17H20N2OS. The summed E-state index contributed by atoms with van der Waals surface area (Å²) in [6.07, 6.45) is 7.18. The van der Waals surface area contributed by atoms with Crippen LogP contribution in [0, 0.1) is 5.41 Å². The zero-order valence-corrected chi connectivity index (χ0v) is 13.5. The standard InChI is InChI=1S/C17H20N2OS/c1-17(2)14(15(17)19-9-8-18-16(19)21-3)12-5-4-6-13-11(12)7-10-20-13/h4-6,8-9,14-15H,7,10H2,1-3H3/t14-,15-/m1/s1. The fourth-order valence-electron chi connectivity index (χ4n) is 3.91. The van der Waals surface area contributed by atoms with E-state index in [1.54, 1.807) is 11.8 Å². The van der Waals surface area contributed by atoms with Gasteiger partial charge >= 0.3 is 0 Å². The van der Waals surface area contributed by atoms with Gasteiger partial charge in [-0.15, -0.1) is 0 Å². The van der Waals surface area contributed by atoms with E-state index < -0.39 is 0 Å². The molecule has 110 valence electrons. The van der Waals surface area contributed by atoms with Gasteiger partial charge in [-0.1, -0.05) is 37.7 Å². The van der Waals surface area contributed by atoms with Gasteiger partial charge in [0.1, 0.15) is 5.75 Å². The highest BCUT2D eigenvalue weighted by Gasteiger charge is 2.60. The lowest BCUT2D eigenvalue weighted by molar-refractivity contribution is 0.357. The molecular weight excluding hydrogens is 280 g/mol. The van der Waals surface area contributed by atoms with Gasteiger partial charge in [0, 0.05) is 36.3 Å². The minimum atomic E-state index is 0.267. The molecule has 2 heterocycles. The minimum absolute atomic E-state index is 0.267. The Labute approximate surface area is 129 Å². The number of fused-ring (bicyclic) bond motifs is 1. The second-order valence-corrected chi connectivity index (χ2v) is 7.26. The van der Waals surface area contributed by atoms with Gasteiger partial charge in [0.15, 0.2) is 5.16 Å². The predicted molar refractivity (Wildman–Crippen MR) is 85.2 cm³/mol. The van der Waals surface area contributed by atoms with E-state index in [2.05, 4.69) is 54.1 Å². The van der Waals surface area contributed by atoms with E-state index in [4.69, 9.17) is 4.74 Å². The van der Waals surface area contributed by atoms with E-state index >= 15 is 0 Å². The fraction of sp³-hybridized carbons (Fsp3) is 0.471. The molecule has 2 aliphatic rings. The molecule has 1 aromatic heterocycles. The van der Waals surface area contributed by atoms with Crippen molar-refractivity contribution in [3.05, 3.63) is 41.7 Å². The molecule has 4 rings (SSSR count). The molecule has 1 saturated carbocycles. The lowest BCUT2D eigenvalue weighted by Crippen LogP contribution is -2.00. The van der Waals surface area contributed by atoms with Gasteiger partial charge in [0.25, 0.3) is 0 Å². The topological polar surface area (TPSA) is 27.1 Å². The highest BCUT2D eigenvalue weighted by Crippen LogP contribution is 2.68. The second-order valence-electron chi connectivity index (χ2n) is 6.49. The molecule has 0 N–H and O–H groups in total. The molecule has 1 aliphatic carbocycles. The third kappa shape index (κ3) is 1.85. The van der Waals surface area contributed by atoms with Crippen LogP contribution in [0.15, 0.2) is 35.7 Å². The maximum atomic E-state index is 5.73. The molecule has 3 nitrogen and oxygen atoms in total. The first-order chi connectivity index (χ1) is 10.1. The Morgan fingerprint density at radius 1 is 1.38 bits per heavy atom. The Kier molecular flexibility index (Phi) is 2.86. The Bertz CT molecular complexity index is 692. The van der Waals surface area contributed by atoms with Crippen molar-refractivity contribution in [2.45, 2.75) is 37.4 Å². The molecule has 0 radical (unpaired) electrons. The highest BCUT2D eigenvalue weighted by molar-refractivity contribution is 7.98. The lowest BCUT2D eigenvalue weighted by atomic mass is 9.97. The summed E-state index contributed by atoms with van der Waals surface area (Å²) in [7, 11) is 0. The molecule has 21 heavy (non-hydrogen) atoms. The van der Waals surface area contributed by atoms with Crippen molar-refractivity contribution < 1.29 is 4.74 Å². The second kappa shape index (κ2) is 4.54. The van der Waals surface area contributed by atoms with Crippen LogP contribution in [0.4, 0.5) is 0 Å². The van der Waals surface area contributed by atoms with E-state index in [-0.39, 0.29) is 5.41 Å². The quantitative estimate of drug-likeness (QED) is 0.804. The number of rotatable bonds is 3. The molecule has 2 atom stereocenters. The fourth-order valence-corrected chi connectivity index (χ4v) is 4.46. The largest absolute Gasteiger partial charge is 0.493 e. The van der Waals surface area contributed by atoms with Crippen molar-refractivity contribution >= 4 is 11.8 Å². The third-order valence-corrected chi connectivity index (χ3v) is 5.68. The number of hydrogen-bond acceptors (Lipinski definition) is 3. The first-order valence-electron chi connectivity index (χ1n) is 7.46. The molecule has 0 bridgehead atoms. The van der Waals surface area contributed by atoms with Gasteiger partial charge in [-0.05, 0) is 23.3 Å². The summed E-state index contributed by atoms with van der Waals surface area (Å²) in [5, 5.41) is 1.11. The van der Waals surface area contributed by atoms with Crippen LogP contribution in [-0.4, -0.2) is 22.4 Å². The van der Waals surface area contributed by atoms with Crippen LogP contribution in [0.5, 0.6) is 5.75 Å². The average Bonchev–Trinajstić information content (AvgIpc) is 2.92. The summed E-state index contributed by atoms with van der Waals surface area (Å²) in [4.78, 5) is 4.46. The number of ether oxygens (including phenoxy) is 1.